The van der Waals surface area contributed by atoms with Crippen LogP contribution < -0.4 is 5.32 Å². The second-order valence-corrected chi connectivity index (χ2v) is 9.53. The van der Waals surface area contributed by atoms with Gasteiger partial charge in [0.25, 0.3) is 5.91 Å². The van der Waals surface area contributed by atoms with E-state index in [0.29, 0.717) is 5.69 Å². The fourth-order valence-electron chi connectivity index (χ4n) is 4.04. The first-order valence-corrected chi connectivity index (χ1v) is 11.6. The van der Waals surface area contributed by atoms with Gasteiger partial charge in [0, 0.05) is 18.0 Å². The van der Waals surface area contributed by atoms with Crippen LogP contribution in [0.3, 0.4) is 0 Å². The number of rotatable bonds is 2. The molecule has 0 aliphatic carbocycles. The smallest absolute Gasteiger partial charge is 0.309 e. The molecule has 0 spiro atoms. The monoisotopic (exact) mass is 459 g/mol. The Morgan fingerprint density at radius 3 is 2.42 bits per heavy atom. The van der Waals surface area contributed by atoms with Crippen LogP contribution in [0.15, 0.2) is 42.5 Å². The number of allylic oxidation sites excluding steroid dienone is 1. The zero-order valence-electron chi connectivity index (χ0n) is 20.0. The van der Waals surface area contributed by atoms with Gasteiger partial charge in [0.2, 0.25) is 0 Å². The third kappa shape index (κ3) is 7.51. The molecule has 0 radical (unpaired) electrons. The van der Waals surface area contributed by atoms with E-state index < -0.39 is 47.9 Å². The number of carbonyl (C=O) groups is 3. The molecule has 0 bridgehead atoms. The van der Waals surface area contributed by atoms with Crippen molar-refractivity contribution >= 4 is 23.3 Å². The fourth-order valence-corrected chi connectivity index (χ4v) is 4.04. The van der Waals surface area contributed by atoms with E-state index in [4.69, 9.17) is 4.74 Å². The van der Waals surface area contributed by atoms with Crippen molar-refractivity contribution in [3.05, 3.63) is 42.5 Å². The van der Waals surface area contributed by atoms with Crippen molar-refractivity contribution in [3.63, 3.8) is 0 Å². The maximum atomic E-state index is 13.1. The van der Waals surface area contributed by atoms with Gasteiger partial charge in [-0.05, 0) is 37.3 Å². The first-order chi connectivity index (χ1) is 15.5. The molecule has 33 heavy (non-hydrogen) atoms. The predicted molar refractivity (Wildman–Crippen MR) is 126 cm³/mol. The molecule has 5 atom stereocenters. The highest BCUT2D eigenvalue weighted by molar-refractivity contribution is 5.95. The molecule has 1 aliphatic rings. The average molecular weight is 460 g/mol. The number of para-hydroxylation sites is 1. The van der Waals surface area contributed by atoms with Gasteiger partial charge >= 0.3 is 5.97 Å². The number of nitrogens with one attached hydrogen (secondary N) is 1. The molecule has 0 saturated heterocycles. The van der Waals surface area contributed by atoms with E-state index in [0.717, 1.165) is 19.3 Å². The van der Waals surface area contributed by atoms with E-state index >= 15 is 0 Å². The lowest BCUT2D eigenvalue weighted by molar-refractivity contribution is -0.159. The van der Waals surface area contributed by atoms with Crippen LogP contribution in [0.1, 0.15) is 59.8 Å². The number of carbonyl (C=O) groups excluding carboxylic acids is 3. The van der Waals surface area contributed by atoms with Crippen molar-refractivity contribution < 1.29 is 29.3 Å². The number of hydrogen-bond acceptors (Lipinski definition) is 6. The second kappa shape index (κ2) is 12.1. The molecular formula is C26H37NO6. The number of anilines is 1. The maximum Gasteiger partial charge on any atom is 0.309 e. The van der Waals surface area contributed by atoms with Gasteiger partial charge in [0.1, 0.15) is 5.78 Å². The zero-order valence-corrected chi connectivity index (χ0v) is 20.0. The van der Waals surface area contributed by atoms with Gasteiger partial charge in [-0.2, -0.15) is 0 Å². The van der Waals surface area contributed by atoms with E-state index in [9.17, 15) is 24.6 Å². The number of ether oxygens (including phenoxy) is 1. The Labute approximate surface area is 196 Å². The minimum Gasteiger partial charge on any atom is -0.452 e. The predicted octanol–water partition coefficient (Wildman–Crippen LogP) is 3.65. The molecule has 1 aromatic carbocycles. The second-order valence-electron chi connectivity index (χ2n) is 9.53. The Hall–Kier alpha value is -2.51. The molecule has 182 valence electrons. The highest BCUT2D eigenvalue weighted by atomic mass is 16.5. The lowest BCUT2D eigenvalue weighted by Gasteiger charge is -2.34. The zero-order chi connectivity index (χ0) is 24.6. The summed E-state index contributed by atoms with van der Waals surface area (Å²) in [5.41, 5.74) is -0.680. The standard InChI is InChI=1S/C26H37NO6/c1-17-12-8-5-6-11-15-20(25(32)27-19-13-9-7-10-14-19)33-22(29)16-21(28)26(3,4)24(31)18(2)23(17)30/h6-7,9-11,13-14,17-18,20-21,23,28,30H,5,8,12,15-16H2,1-4H3,(H,27,32)/b11-6-. The molecular weight excluding hydrogens is 422 g/mol. The highest BCUT2D eigenvalue weighted by Gasteiger charge is 2.42. The molecule has 0 aromatic heterocycles. The van der Waals surface area contributed by atoms with Crippen molar-refractivity contribution in [1.82, 2.24) is 0 Å². The number of aliphatic hydroxyl groups is 2. The Morgan fingerprint density at radius 1 is 1.09 bits per heavy atom. The molecule has 0 saturated carbocycles. The van der Waals surface area contributed by atoms with E-state index in [1.165, 1.54) is 0 Å². The minimum atomic E-state index is -1.32. The molecule has 1 amide bonds. The molecule has 5 unspecified atom stereocenters. The summed E-state index contributed by atoms with van der Waals surface area (Å²) >= 11 is 0. The average Bonchev–Trinajstić information content (AvgIpc) is 2.78. The van der Waals surface area contributed by atoms with Gasteiger partial charge < -0.3 is 20.3 Å². The van der Waals surface area contributed by atoms with Crippen molar-refractivity contribution in [3.8, 4) is 0 Å². The Balaban J connectivity index is 2.22. The summed E-state index contributed by atoms with van der Waals surface area (Å²) in [4.78, 5) is 38.4. The van der Waals surface area contributed by atoms with Gasteiger partial charge in [-0.1, -0.05) is 58.0 Å². The number of benzene rings is 1. The molecule has 3 N–H and O–H groups in total. The Kier molecular flexibility index (Phi) is 9.80. The molecule has 1 aliphatic heterocycles. The van der Waals surface area contributed by atoms with Gasteiger partial charge in [0.15, 0.2) is 6.10 Å². The van der Waals surface area contributed by atoms with Crippen LogP contribution in [-0.4, -0.2) is 46.2 Å². The Morgan fingerprint density at radius 2 is 1.76 bits per heavy atom. The van der Waals surface area contributed by atoms with Gasteiger partial charge in [-0.15, -0.1) is 0 Å². The number of aliphatic hydroxyl groups excluding tert-OH is 2. The molecule has 1 aromatic rings. The lowest BCUT2D eigenvalue weighted by Crippen LogP contribution is -2.46. The summed E-state index contributed by atoms with van der Waals surface area (Å²) in [6.07, 6.45) is 2.56. The summed E-state index contributed by atoms with van der Waals surface area (Å²) in [7, 11) is 0. The van der Waals surface area contributed by atoms with Crippen molar-refractivity contribution in [2.24, 2.45) is 17.3 Å². The highest BCUT2D eigenvalue weighted by Crippen LogP contribution is 2.32. The number of ketones is 1. The summed E-state index contributed by atoms with van der Waals surface area (Å²) in [6, 6.07) is 8.87. The number of esters is 1. The van der Waals surface area contributed by atoms with E-state index in [-0.39, 0.29) is 18.1 Å². The Bertz CT molecular complexity index is 834. The van der Waals surface area contributed by atoms with Crippen LogP contribution in [0.5, 0.6) is 0 Å². The van der Waals surface area contributed by atoms with Gasteiger partial charge in [0.05, 0.1) is 24.0 Å². The molecule has 2 rings (SSSR count). The van der Waals surface area contributed by atoms with Crippen LogP contribution in [0, 0.1) is 17.3 Å². The number of hydrogen-bond donors (Lipinski definition) is 3. The number of Topliss-reactive ketones (excluding diaryl/α,β-unsaturated/α-hetero) is 1. The van der Waals surface area contributed by atoms with Crippen molar-refractivity contribution in [2.75, 3.05) is 5.32 Å². The van der Waals surface area contributed by atoms with Crippen LogP contribution in [0.25, 0.3) is 0 Å². The summed E-state index contributed by atoms with van der Waals surface area (Å²) in [6.45, 7) is 6.69. The molecule has 0 fully saturated rings. The number of cyclic esters (lactones) is 1. The van der Waals surface area contributed by atoms with Crippen molar-refractivity contribution in [1.29, 1.82) is 0 Å². The van der Waals surface area contributed by atoms with Crippen LogP contribution in [0.2, 0.25) is 0 Å². The third-order valence-corrected chi connectivity index (χ3v) is 6.49. The summed E-state index contributed by atoms with van der Waals surface area (Å²) in [5, 5.41) is 24.1. The topological polar surface area (TPSA) is 113 Å². The van der Waals surface area contributed by atoms with Gasteiger partial charge in [-0.25, -0.2) is 0 Å². The molecule has 7 heteroatoms. The molecule has 1 heterocycles. The van der Waals surface area contributed by atoms with E-state index in [2.05, 4.69) is 5.32 Å². The van der Waals surface area contributed by atoms with Crippen LogP contribution in [0.4, 0.5) is 5.69 Å². The van der Waals surface area contributed by atoms with Gasteiger partial charge in [-0.3, -0.25) is 14.4 Å². The lowest BCUT2D eigenvalue weighted by atomic mass is 9.73. The summed E-state index contributed by atoms with van der Waals surface area (Å²) < 4.78 is 5.43. The number of amides is 1. The van der Waals surface area contributed by atoms with E-state index in [1.807, 2.05) is 25.1 Å². The van der Waals surface area contributed by atoms with Crippen LogP contribution in [-0.2, 0) is 19.1 Å². The normalized spacial score (nSPS) is 30.8. The van der Waals surface area contributed by atoms with Crippen LogP contribution >= 0.6 is 0 Å². The van der Waals surface area contributed by atoms with Crippen molar-refractivity contribution in [2.45, 2.75) is 78.1 Å². The quantitative estimate of drug-likeness (QED) is 0.460. The fraction of sp³-hybridized carbons (Fsp3) is 0.577. The largest absolute Gasteiger partial charge is 0.452 e. The molecule has 7 nitrogen and oxygen atoms in total. The SMILES string of the molecule is CC1CCC/C=C\CC(C(=O)Nc2ccccc2)OC(=O)CC(O)C(C)(C)C(=O)C(C)C1O. The first-order valence-electron chi connectivity index (χ1n) is 11.6. The first kappa shape index (κ1) is 26.7. The minimum absolute atomic E-state index is 0.0902. The maximum absolute atomic E-state index is 13.1. The van der Waals surface area contributed by atoms with E-state index in [1.54, 1.807) is 45.0 Å². The third-order valence-electron chi connectivity index (χ3n) is 6.49. The summed E-state index contributed by atoms with van der Waals surface area (Å²) in [5.74, 6) is -2.32.